The lowest BCUT2D eigenvalue weighted by molar-refractivity contribution is -0.116. The number of carbonyl (C=O) groups excluding carboxylic acids is 1. The number of carbonyl (C=O) groups is 1. The summed E-state index contributed by atoms with van der Waals surface area (Å²) in [7, 11) is 0. The van der Waals surface area contributed by atoms with Crippen LogP contribution in [0.1, 0.15) is 5.56 Å². The second-order valence-electron chi connectivity index (χ2n) is 5.24. The largest absolute Gasteiger partial charge is 0.487 e. The molecule has 0 aliphatic carbocycles. The van der Waals surface area contributed by atoms with Crippen molar-refractivity contribution in [2.24, 2.45) is 0 Å². The zero-order valence-corrected chi connectivity index (χ0v) is 14.3. The Hall–Kier alpha value is -2.09. The monoisotopic (exact) mass is 351 g/mol. The quantitative estimate of drug-likeness (QED) is 0.828. The molecular formula is C18H25NO6. The van der Waals surface area contributed by atoms with Crippen LogP contribution >= 0.6 is 0 Å². The van der Waals surface area contributed by atoms with Crippen LogP contribution in [0.4, 0.5) is 0 Å². The first-order chi connectivity index (χ1) is 12.3. The normalized spacial score (nSPS) is 17.0. The van der Waals surface area contributed by atoms with E-state index in [0.717, 1.165) is 5.56 Å². The molecule has 1 aromatic carbocycles. The Labute approximate surface area is 147 Å². The third-order valence-corrected chi connectivity index (χ3v) is 3.37. The SMILES string of the molecule is C=CC(=O)NCc1ccc2c(c1)OCCOCCOCCOCCO2. The van der Waals surface area contributed by atoms with Gasteiger partial charge in [-0.05, 0) is 23.8 Å². The van der Waals surface area contributed by atoms with Crippen molar-refractivity contribution < 1.29 is 28.5 Å². The van der Waals surface area contributed by atoms with E-state index in [0.29, 0.717) is 70.9 Å². The molecule has 25 heavy (non-hydrogen) atoms. The maximum atomic E-state index is 11.3. The molecule has 7 nitrogen and oxygen atoms in total. The molecular weight excluding hydrogens is 326 g/mol. The summed E-state index contributed by atoms with van der Waals surface area (Å²) in [4.78, 5) is 11.3. The second kappa shape index (κ2) is 11.5. The minimum atomic E-state index is -0.221. The zero-order chi connectivity index (χ0) is 17.7. The van der Waals surface area contributed by atoms with E-state index in [2.05, 4.69) is 11.9 Å². The summed E-state index contributed by atoms with van der Waals surface area (Å²) in [6.07, 6.45) is 1.24. The third-order valence-electron chi connectivity index (χ3n) is 3.37. The van der Waals surface area contributed by atoms with Crippen molar-refractivity contribution in [1.29, 1.82) is 0 Å². The summed E-state index contributed by atoms with van der Waals surface area (Å²) in [5.41, 5.74) is 0.904. The van der Waals surface area contributed by atoms with Crippen molar-refractivity contribution in [2.45, 2.75) is 6.54 Å². The van der Waals surface area contributed by atoms with Crippen molar-refractivity contribution in [3.05, 3.63) is 36.4 Å². The third kappa shape index (κ3) is 7.55. The Balaban J connectivity index is 1.98. The van der Waals surface area contributed by atoms with Crippen LogP contribution in [-0.2, 0) is 25.5 Å². The fourth-order valence-corrected chi connectivity index (χ4v) is 2.12. The molecule has 1 heterocycles. The van der Waals surface area contributed by atoms with E-state index in [1.165, 1.54) is 6.08 Å². The van der Waals surface area contributed by atoms with E-state index in [4.69, 9.17) is 23.7 Å². The van der Waals surface area contributed by atoms with Crippen molar-refractivity contribution in [3.63, 3.8) is 0 Å². The summed E-state index contributed by atoms with van der Waals surface area (Å²) in [5, 5.41) is 2.73. The molecule has 7 heteroatoms. The molecule has 0 bridgehead atoms. The second-order valence-corrected chi connectivity index (χ2v) is 5.24. The molecule has 0 radical (unpaired) electrons. The molecule has 2 rings (SSSR count). The topological polar surface area (TPSA) is 75.3 Å². The van der Waals surface area contributed by atoms with Crippen LogP contribution in [0.3, 0.4) is 0 Å². The number of hydrogen-bond acceptors (Lipinski definition) is 6. The first-order valence-corrected chi connectivity index (χ1v) is 8.31. The maximum absolute atomic E-state index is 11.3. The predicted octanol–water partition coefficient (Wildman–Crippen LogP) is 1.31. The van der Waals surface area contributed by atoms with Gasteiger partial charge in [0.1, 0.15) is 13.2 Å². The fourth-order valence-electron chi connectivity index (χ4n) is 2.12. The molecule has 1 aromatic rings. The van der Waals surface area contributed by atoms with Crippen LogP contribution in [0.15, 0.2) is 30.9 Å². The van der Waals surface area contributed by atoms with Gasteiger partial charge in [-0.3, -0.25) is 4.79 Å². The lowest BCUT2D eigenvalue weighted by atomic mass is 10.2. The number of rotatable bonds is 3. The van der Waals surface area contributed by atoms with Crippen molar-refractivity contribution >= 4 is 5.91 Å². The zero-order valence-electron chi connectivity index (χ0n) is 14.3. The van der Waals surface area contributed by atoms with Crippen molar-refractivity contribution in [2.75, 3.05) is 52.9 Å². The summed E-state index contributed by atoms with van der Waals surface area (Å²) in [6.45, 7) is 7.66. The average Bonchev–Trinajstić information content (AvgIpc) is 2.64. The Morgan fingerprint density at radius 1 is 0.920 bits per heavy atom. The molecule has 0 atom stereocenters. The minimum absolute atomic E-state index is 0.221. The molecule has 0 fully saturated rings. The van der Waals surface area contributed by atoms with Gasteiger partial charge in [0, 0.05) is 6.54 Å². The smallest absolute Gasteiger partial charge is 0.243 e. The highest BCUT2D eigenvalue weighted by atomic mass is 16.6. The van der Waals surface area contributed by atoms with Gasteiger partial charge in [0.15, 0.2) is 11.5 Å². The van der Waals surface area contributed by atoms with Crippen molar-refractivity contribution in [3.8, 4) is 11.5 Å². The standard InChI is InChI=1S/C18H25NO6/c1-2-18(20)19-14-15-3-4-16-17(13-15)25-12-10-23-8-6-21-5-7-22-9-11-24-16/h2-4,13H,1,5-12,14H2,(H,19,20). The van der Waals surface area contributed by atoms with Gasteiger partial charge in [0.2, 0.25) is 5.91 Å². The lowest BCUT2D eigenvalue weighted by Gasteiger charge is -2.14. The van der Waals surface area contributed by atoms with Gasteiger partial charge in [0.25, 0.3) is 0 Å². The van der Waals surface area contributed by atoms with Gasteiger partial charge in [0.05, 0.1) is 39.6 Å². The Morgan fingerprint density at radius 2 is 1.48 bits per heavy atom. The Morgan fingerprint density at radius 3 is 2.08 bits per heavy atom. The van der Waals surface area contributed by atoms with Crippen LogP contribution in [0.2, 0.25) is 0 Å². The molecule has 0 spiro atoms. The number of hydrogen-bond donors (Lipinski definition) is 1. The summed E-state index contributed by atoms with van der Waals surface area (Å²) >= 11 is 0. The van der Waals surface area contributed by atoms with E-state index in [-0.39, 0.29) is 5.91 Å². The highest BCUT2D eigenvalue weighted by molar-refractivity contribution is 5.86. The highest BCUT2D eigenvalue weighted by Gasteiger charge is 2.08. The number of benzene rings is 1. The molecule has 0 saturated carbocycles. The van der Waals surface area contributed by atoms with Crippen LogP contribution in [0.25, 0.3) is 0 Å². The van der Waals surface area contributed by atoms with E-state index >= 15 is 0 Å². The number of fused-ring (bicyclic) bond motifs is 1. The maximum Gasteiger partial charge on any atom is 0.243 e. The van der Waals surface area contributed by atoms with Crippen LogP contribution in [0.5, 0.6) is 11.5 Å². The summed E-state index contributed by atoms with van der Waals surface area (Å²) < 4.78 is 27.8. The van der Waals surface area contributed by atoms with E-state index in [9.17, 15) is 4.79 Å². The molecule has 0 unspecified atom stereocenters. The molecule has 1 aliphatic rings. The number of nitrogens with one attached hydrogen (secondary N) is 1. The number of amides is 1. The van der Waals surface area contributed by atoms with Gasteiger partial charge >= 0.3 is 0 Å². The van der Waals surface area contributed by atoms with Gasteiger partial charge < -0.3 is 29.0 Å². The molecule has 1 aliphatic heterocycles. The molecule has 0 aromatic heterocycles. The molecule has 1 amide bonds. The van der Waals surface area contributed by atoms with Gasteiger partial charge in [-0.25, -0.2) is 0 Å². The predicted molar refractivity (Wildman–Crippen MR) is 91.9 cm³/mol. The Bertz CT molecular complexity index is 548. The van der Waals surface area contributed by atoms with Crippen LogP contribution in [-0.4, -0.2) is 58.8 Å². The molecule has 1 N–H and O–H groups in total. The van der Waals surface area contributed by atoms with E-state index in [1.54, 1.807) is 0 Å². The van der Waals surface area contributed by atoms with Gasteiger partial charge in [-0.15, -0.1) is 0 Å². The minimum Gasteiger partial charge on any atom is -0.487 e. The molecule has 0 saturated heterocycles. The average molecular weight is 351 g/mol. The first-order valence-electron chi connectivity index (χ1n) is 8.31. The molecule has 138 valence electrons. The van der Waals surface area contributed by atoms with Gasteiger partial charge in [-0.1, -0.05) is 12.6 Å². The van der Waals surface area contributed by atoms with Crippen LogP contribution in [0, 0.1) is 0 Å². The van der Waals surface area contributed by atoms with Crippen molar-refractivity contribution in [1.82, 2.24) is 5.32 Å². The van der Waals surface area contributed by atoms with E-state index < -0.39 is 0 Å². The summed E-state index contributed by atoms with van der Waals surface area (Å²) in [6, 6.07) is 5.55. The highest BCUT2D eigenvalue weighted by Crippen LogP contribution is 2.28. The fraction of sp³-hybridized carbons (Fsp3) is 0.500. The lowest BCUT2D eigenvalue weighted by Crippen LogP contribution is -2.20. The first kappa shape index (κ1) is 19.2. The van der Waals surface area contributed by atoms with Gasteiger partial charge in [-0.2, -0.15) is 0 Å². The number of ether oxygens (including phenoxy) is 5. The van der Waals surface area contributed by atoms with Crippen LogP contribution < -0.4 is 14.8 Å². The Kier molecular flexibility index (Phi) is 8.82. The summed E-state index contributed by atoms with van der Waals surface area (Å²) in [5.74, 6) is 1.02. The van der Waals surface area contributed by atoms with E-state index in [1.807, 2.05) is 18.2 Å².